The van der Waals surface area contributed by atoms with Crippen LogP contribution in [0.4, 0.5) is 8.78 Å². The molecule has 0 spiro atoms. The number of nitrogens with one attached hydrogen (secondary N) is 1. The molecule has 0 radical (unpaired) electrons. The zero-order valence-electron chi connectivity index (χ0n) is 7.22. The van der Waals surface area contributed by atoms with Crippen LogP contribution < -0.4 is 5.32 Å². The van der Waals surface area contributed by atoms with E-state index in [4.69, 9.17) is 4.74 Å². The molecule has 4 heteroatoms. The molecule has 0 aromatic carbocycles. The minimum atomic E-state index is -2.35. The summed E-state index contributed by atoms with van der Waals surface area (Å²) in [5, 5.41) is 3.21. The minimum Gasteiger partial charge on any atom is -0.371 e. The zero-order valence-corrected chi connectivity index (χ0v) is 7.22. The highest BCUT2D eigenvalue weighted by molar-refractivity contribution is 4.81. The first kappa shape index (κ1) is 9.86. The summed E-state index contributed by atoms with van der Waals surface area (Å²) >= 11 is 0. The third kappa shape index (κ3) is 4.62. The van der Waals surface area contributed by atoms with Gasteiger partial charge in [0.15, 0.2) is 0 Å². The van der Waals surface area contributed by atoms with Crippen molar-refractivity contribution < 1.29 is 13.5 Å². The number of hydrogen-bond acceptors (Lipinski definition) is 2. The van der Waals surface area contributed by atoms with Crippen molar-refractivity contribution in [2.75, 3.05) is 13.2 Å². The second-order valence-electron chi connectivity index (χ2n) is 3.22. The fourth-order valence-corrected chi connectivity index (χ4v) is 0.916. The summed E-state index contributed by atoms with van der Waals surface area (Å²) in [7, 11) is 0. The third-order valence-electron chi connectivity index (χ3n) is 1.78. The van der Waals surface area contributed by atoms with Crippen molar-refractivity contribution in [3.05, 3.63) is 0 Å². The standard InChI is InChI=1S/C8H15F2NO/c1-6(12-5-8(9)10)4-11-7-2-3-7/h6-8,11H,2-5H2,1H3. The predicted octanol–water partition coefficient (Wildman–Crippen LogP) is 1.41. The molecule has 1 rings (SSSR count). The first-order chi connectivity index (χ1) is 5.68. The first-order valence-corrected chi connectivity index (χ1v) is 4.31. The second-order valence-corrected chi connectivity index (χ2v) is 3.22. The predicted molar refractivity (Wildman–Crippen MR) is 42.4 cm³/mol. The van der Waals surface area contributed by atoms with Crippen LogP contribution in [0.25, 0.3) is 0 Å². The van der Waals surface area contributed by atoms with E-state index >= 15 is 0 Å². The maximum Gasteiger partial charge on any atom is 0.261 e. The topological polar surface area (TPSA) is 21.3 Å². The van der Waals surface area contributed by atoms with Gasteiger partial charge in [0, 0.05) is 12.6 Å². The summed E-state index contributed by atoms with van der Waals surface area (Å²) in [5.74, 6) is 0. The van der Waals surface area contributed by atoms with Gasteiger partial charge in [-0.3, -0.25) is 0 Å². The molecule has 0 saturated heterocycles. The highest BCUT2D eigenvalue weighted by Crippen LogP contribution is 2.18. The molecule has 1 aliphatic carbocycles. The second kappa shape index (κ2) is 4.72. The van der Waals surface area contributed by atoms with E-state index in [0.717, 1.165) is 0 Å². The molecule has 12 heavy (non-hydrogen) atoms. The molecule has 0 aromatic heterocycles. The van der Waals surface area contributed by atoms with E-state index in [0.29, 0.717) is 12.6 Å². The highest BCUT2D eigenvalue weighted by Gasteiger charge is 2.21. The summed E-state index contributed by atoms with van der Waals surface area (Å²) in [6.45, 7) is 2.03. The third-order valence-corrected chi connectivity index (χ3v) is 1.78. The molecule has 2 nitrogen and oxygen atoms in total. The Morgan fingerprint density at radius 3 is 2.67 bits per heavy atom. The Morgan fingerprint density at radius 1 is 1.50 bits per heavy atom. The van der Waals surface area contributed by atoms with Gasteiger partial charge in [-0.2, -0.15) is 0 Å². The van der Waals surface area contributed by atoms with E-state index < -0.39 is 13.0 Å². The number of hydrogen-bond donors (Lipinski definition) is 1. The van der Waals surface area contributed by atoms with Crippen molar-refractivity contribution in [3.63, 3.8) is 0 Å². The van der Waals surface area contributed by atoms with E-state index in [-0.39, 0.29) is 6.10 Å². The van der Waals surface area contributed by atoms with E-state index in [2.05, 4.69) is 5.32 Å². The first-order valence-electron chi connectivity index (χ1n) is 4.31. The van der Waals surface area contributed by atoms with E-state index in [1.54, 1.807) is 6.92 Å². The molecule has 1 aliphatic rings. The molecule has 72 valence electrons. The van der Waals surface area contributed by atoms with Crippen molar-refractivity contribution in [2.24, 2.45) is 0 Å². The van der Waals surface area contributed by atoms with Crippen molar-refractivity contribution in [1.29, 1.82) is 0 Å². The Balaban J connectivity index is 1.91. The van der Waals surface area contributed by atoms with Crippen molar-refractivity contribution >= 4 is 0 Å². The van der Waals surface area contributed by atoms with Gasteiger partial charge in [-0.05, 0) is 19.8 Å². The Bertz CT molecular complexity index is 122. The molecular formula is C8H15F2NO. The van der Waals surface area contributed by atoms with Gasteiger partial charge in [0.25, 0.3) is 6.43 Å². The minimum absolute atomic E-state index is 0.111. The van der Waals surface area contributed by atoms with Crippen LogP contribution in [-0.4, -0.2) is 31.7 Å². The summed E-state index contributed by atoms with van der Waals surface area (Å²) < 4.78 is 28.2. The van der Waals surface area contributed by atoms with Crippen LogP contribution in [0.15, 0.2) is 0 Å². The number of halogens is 2. The van der Waals surface area contributed by atoms with Crippen LogP contribution in [0.3, 0.4) is 0 Å². The van der Waals surface area contributed by atoms with Crippen molar-refractivity contribution in [2.45, 2.75) is 38.3 Å². The normalized spacial score (nSPS) is 20.0. The van der Waals surface area contributed by atoms with Gasteiger partial charge < -0.3 is 10.1 Å². The van der Waals surface area contributed by atoms with Gasteiger partial charge in [0.1, 0.15) is 6.61 Å². The highest BCUT2D eigenvalue weighted by atomic mass is 19.3. The lowest BCUT2D eigenvalue weighted by Gasteiger charge is -2.12. The number of ether oxygens (including phenoxy) is 1. The van der Waals surface area contributed by atoms with Crippen LogP contribution in [-0.2, 0) is 4.74 Å². The van der Waals surface area contributed by atoms with Gasteiger partial charge in [0.2, 0.25) is 0 Å². The molecule has 0 aromatic rings. The van der Waals surface area contributed by atoms with Crippen molar-refractivity contribution in [1.82, 2.24) is 5.32 Å². The van der Waals surface area contributed by atoms with E-state index in [1.807, 2.05) is 0 Å². The average molecular weight is 179 g/mol. The Morgan fingerprint density at radius 2 is 2.17 bits per heavy atom. The van der Waals surface area contributed by atoms with E-state index in [1.165, 1.54) is 12.8 Å². The smallest absolute Gasteiger partial charge is 0.261 e. The maximum absolute atomic E-state index is 11.7. The van der Waals surface area contributed by atoms with Gasteiger partial charge >= 0.3 is 0 Å². The quantitative estimate of drug-likeness (QED) is 0.665. The lowest BCUT2D eigenvalue weighted by molar-refractivity contribution is -0.0164. The van der Waals surface area contributed by atoms with Gasteiger partial charge in [0.05, 0.1) is 6.10 Å². The molecular weight excluding hydrogens is 164 g/mol. The molecule has 0 bridgehead atoms. The van der Waals surface area contributed by atoms with Crippen LogP contribution in [0, 0.1) is 0 Å². The molecule has 0 amide bonds. The van der Waals surface area contributed by atoms with Crippen LogP contribution in [0.2, 0.25) is 0 Å². The Labute approximate surface area is 71.3 Å². The fourth-order valence-electron chi connectivity index (χ4n) is 0.916. The molecule has 1 saturated carbocycles. The number of rotatable bonds is 6. The summed E-state index contributed by atoms with van der Waals surface area (Å²) in [6.07, 6.45) is -0.0451. The molecule has 0 heterocycles. The van der Waals surface area contributed by atoms with Crippen LogP contribution in [0.1, 0.15) is 19.8 Å². The molecule has 1 atom stereocenters. The number of alkyl halides is 2. The largest absolute Gasteiger partial charge is 0.371 e. The summed E-state index contributed by atoms with van der Waals surface area (Å²) in [5.41, 5.74) is 0. The van der Waals surface area contributed by atoms with E-state index in [9.17, 15) is 8.78 Å². The van der Waals surface area contributed by atoms with Gasteiger partial charge in [-0.1, -0.05) is 0 Å². The summed E-state index contributed by atoms with van der Waals surface area (Å²) in [6, 6.07) is 0.614. The molecule has 1 N–H and O–H groups in total. The van der Waals surface area contributed by atoms with Crippen LogP contribution in [0.5, 0.6) is 0 Å². The van der Waals surface area contributed by atoms with Gasteiger partial charge in [-0.25, -0.2) is 8.78 Å². The maximum atomic E-state index is 11.7. The molecule has 0 aliphatic heterocycles. The zero-order chi connectivity index (χ0) is 8.97. The molecule has 1 unspecified atom stereocenters. The SMILES string of the molecule is CC(CNC1CC1)OCC(F)F. The Hall–Kier alpha value is -0.220. The average Bonchev–Trinajstić information content (AvgIpc) is 2.80. The Kier molecular flexibility index (Phi) is 3.88. The fraction of sp³-hybridized carbons (Fsp3) is 1.00. The lowest BCUT2D eigenvalue weighted by Crippen LogP contribution is -2.29. The summed E-state index contributed by atoms with van der Waals surface area (Å²) in [4.78, 5) is 0. The molecule has 1 fully saturated rings. The monoisotopic (exact) mass is 179 g/mol. The van der Waals surface area contributed by atoms with Crippen molar-refractivity contribution in [3.8, 4) is 0 Å². The lowest BCUT2D eigenvalue weighted by atomic mass is 10.4. The van der Waals surface area contributed by atoms with Crippen LogP contribution >= 0.6 is 0 Å². The van der Waals surface area contributed by atoms with Gasteiger partial charge in [-0.15, -0.1) is 0 Å².